The molecule has 0 aromatic heterocycles. The summed E-state index contributed by atoms with van der Waals surface area (Å²) in [5.41, 5.74) is -1.28. The molecule has 0 amide bonds. The minimum Gasteiger partial charge on any atom is -0.388 e. The Morgan fingerprint density at radius 3 is 2.12 bits per heavy atom. The summed E-state index contributed by atoms with van der Waals surface area (Å²) in [6, 6.07) is 0. The van der Waals surface area contributed by atoms with Crippen molar-refractivity contribution in [2.75, 3.05) is 24.3 Å². The molecule has 0 bridgehead atoms. The van der Waals surface area contributed by atoms with Crippen molar-refractivity contribution >= 4 is 21.8 Å². The SMILES string of the molecule is CSCC(C)(O)CNS(=O)(=O)CC(C)(C)C. The molecule has 0 rings (SSSR count). The molecule has 0 aliphatic rings. The molecule has 0 fully saturated rings. The van der Waals surface area contributed by atoms with Gasteiger partial charge < -0.3 is 5.11 Å². The van der Waals surface area contributed by atoms with Gasteiger partial charge in [0.25, 0.3) is 0 Å². The topological polar surface area (TPSA) is 66.4 Å². The van der Waals surface area contributed by atoms with E-state index in [9.17, 15) is 13.5 Å². The zero-order valence-corrected chi connectivity index (χ0v) is 12.3. The normalized spacial score (nSPS) is 17.1. The molecule has 0 aromatic carbocycles. The molecule has 0 saturated carbocycles. The lowest BCUT2D eigenvalue weighted by atomic mass is 10.0. The molecule has 0 saturated heterocycles. The van der Waals surface area contributed by atoms with E-state index < -0.39 is 15.6 Å². The second kappa shape index (κ2) is 5.71. The minimum atomic E-state index is -3.31. The van der Waals surface area contributed by atoms with Gasteiger partial charge in [0.05, 0.1) is 11.4 Å². The fraction of sp³-hybridized carbons (Fsp3) is 1.00. The summed E-state index contributed by atoms with van der Waals surface area (Å²) >= 11 is 1.49. The molecule has 0 aliphatic heterocycles. The molecule has 1 unspecified atom stereocenters. The van der Waals surface area contributed by atoms with Gasteiger partial charge in [0.2, 0.25) is 10.0 Å². The zero-order chi connectivity index (χ0) is 13.0. The lowest BCUT2D eigenvalue weighted by Gasteiger charge is -2.24. The van der Waals surface area contributed by atoms with E-state index in [2.05, 4.69) is 4.72 Å². The highest BCUT2D eigenvalue weighted by molar-refractivity contribution is 7.98. The van der Waals surface area contributed by atoms with Crippen molar-refractivity contribution in [2.45, 2.75) is 33.3 Å². The lowest BCUT2D eigenvalue weighted by Crippen LogP contribution is -2.44. The van der Waals surface area contributed by atoms with Gasteiger partial charge in [-0.1, -0.05) is 20.8 Å². The molecular weight excluding hydrogens is 246 g/mol. The van der Waals surface area contributed by atoms with Crippen LogP contribution < -0.4 is 4.72 Å². The summed E-state index contributed by atoms with van der Waals surface area (Å²) in [6.45, 7) is 7.29. The van der Waals surface area contributed by atoms with Crippen LogP contribution in [0, 0.1) is 5.41 Å². The molecule has 2 N–H and O–H groups in total. The van der Waals surface area contributed by atoms with Crippen LogP contribution in [0.4, 0.5) is 0 Å². The molecule has 16 heavy (non-hydrogen) atoms. The molecule has 0 radical (unpaired) electrons. The number of sulfonamides is 1. The Bertz CT molecular complexity index is 305. The minimum absolute atomic E-state index is 0.0618. The largest absolute Gasteiger partial charge is 0.388 e. The average molecular weight is 269 g/mol. The monoisotopic (exact) mass is 269 g/mol. The van der Waals surface area contributed by atoms with E-state index in [1.165, 1.54) is 11.8 Å². The Balaban J connectivity index is 4.30. The van der Waals surface area contributed by atoms with E-state index in [0.29, 0.717) is 5.75 Å². The predicted molar refractivity (Wildman–Crippen MR) is 70.3 cm³/mol. The quantitative estimate of drug-likeness (QED) is 0.757. The van der Waals surface area contributed by atoms with Crippen molar-refractivity contribution in [2.24, 2.45) is 5.41 Å². The summed E-state index contributed by atoms with van der Waals surface area (Å²) < 4.78 is 25.8. The third kappa shape index (κ3) is 8.38. The molecular formula is C10H23NO3S2. The highest BCUT2D eigenvalue weighted by Gasteiger charge is 2.25. The van der Waals surface area contributed by atoms with Gasteiger partial charge in [-0.2, -0.15) is 11.8 Å². The average Bonchev–Trinajstić information content (AvgIpc) is 1.97. The fourth-order valence-corrected chi connectivity index (χ4v) is 3.75. The van der Waals surface area contributed by atoms with Crippen LogP contribution in [0.5, 0.6) is 0 Å². The highest BCUT2D eigenvalue weighted by Crippen LogP contribution is 2.16. The van der Waals surface area contributed by atoms with Crippen LogP contribution in [0.2, 0.25) is 0 Å². The molecule has 4 nitrogen and oxygen atoms in total. The van der Waals surface area contributed by atoms with E-state index in [4.69, 9.17) is 0 Å². The van der Waals surface area contributed by atoms with E-state index in [-0.39, 0.29) is 17.7 Å². The van der Waals surface area contributed by atoms with Gasteiger partial charge in [0, 0.05) is 12.3 Å². The molecule has 0 aromatic rings. The van der Waals surface area contributed by atoms with Crippen molar-refractivity contribution in [3.8, 4) is 0 Å². The van der Waals surface area contributed by atoms with Crippen LogP contribution in [0.1, 0.15) is 27.7 Å². The third-order valence-electron chi connectivity index (χ3n) is 1.75. The van der Waals surface area contributed by atoms with Gasteiger partial charge in [-0.05, 0) is 18.6 Å². The van der Waals surface area contributed by atoms with Crippen molar-refractivity contribution in [1.29, 1.82) is 0 Å². The molecule has 98 valence electrons. The standard InChI is InChI=1S/C10H23NO3S2/c1-9(2,3)8-16(13,14)11-6-10(4,12)7-15-5/h11-12H,6-8H2,1-5H3. The summed E-state index contributed by atoms with van der Waals surface area (Å²) in [5.74, 6) is 0.570. The Hall–Kier alpha value is 0.220. The number of hydrogen-bond donors (Lipinski definition) is 2. The van der Waals surface area contributed by atoms with E-state index in [1.54, 1.807) is 6.92 Å². The first-order valence-corrected chi connectivity index (χ1v) is 8.21. The smallest absolute Gasteiger partial charge is 0.212 e. The van der Waals surface area contributed by atoms with Crippen LogP contribution in [0.15, 0.2) is 0 Å². The fourth-order valence-electron chi connectivity index (χ4n) is 1.25. The summed E-state index contributed by atoms with van der Waals surface area (Å²) in [7, 11) is -3.31. The highest BCUT2D eigenvalue weighted by atomic mass is 32.2. The van der Waals surface area contributed by atoms with E-state index in [0.717, 1.165) is 0 Å². The number of thioether (sulfide) groups is 1. The Kier molecular flexibility index (Phi) is 5.79. The summed E-state index contributed by atoms with van der Waals surface area (Å²) in [4.78, 5) is 0. The van der Waals surface area contributed by atoms with E-state index >= 15 is 0 Å². The van der Waals surface area contributed by atoms with Crippen LogP contribution in [0.3, 0.4) is 0 Å². The Morgan fingerprint density at radius 2 is 1.75 bits per heavy atom. The van der Waals surface area contributed by atoms with Crippen LogP contribution in [0.25, 0.3) is 0 Å². The van der Waals surface area contributed by atoms with Gasteiger partial charge in [-0.3, -0.25) is 0 Å². The maximum atomic E-state index is 11.7. The van der Waals surface area contributed by atoms with Gasteiger partial charge in [0.1, 0.15) is 0 Å². The Morgan fingerprint density at radius 1 is 1.25 bits per heavy atom. The third-order valence-corrected chi connectivity index (χ3v) is 4.49. The number of nitrogens with one attached hydrogen (secondary N) is 1. The van der Waals surface area contributed by atoms with Crippen molar-refractivity contribution < 1.29 is 13.5 Å². The number of rotatable bonds is 6. The first kappa shape index (κ1) is 16.2. The number of hydrogen-bond acceptors (Lipinski definition) is 4. The van der Waals surface area contributed by atoms with Gasteiger partial charge in [-0.25, -0.2) is 13.1 Å². The summed E-state index contributed by atoms with van der Waals surface area (Å²) in [5, 5.41) is 9.83. The molecule has 6 heteroatoms. The summed E-state index contributed by atoms with van der Waals surface area (Å²) in [6.07, 6.45) is 1.87. The van der Waals surface area contributed by atoms with Crippen molar-refractivity contribution in [3.63, 3.8) is 0 Å². The molecule has 0 spiro atoms. The second-order valence-electron chi connectivity index (χ2n) is 5.57. The lowest BCUT2D eigenvalue weighted by molar-refractivity contribution is 0.0908. The van der Waals surface area contributed by atoms with Crippen LogP contribution in [-0.2, 0) is 10.0 Å². The van der Waals surface area contributed by atoms with Gasteiger partial charge >= 0.3 is 0 Å². The molecule has 0 heterocycles. The predicted octanol–water partition coefficient (Wildman–Crippen LogP) is 1.07. The molecule has 1 atom stereocenters. The second-order valence-corrected chi connectivity index (χ2v) is 8.24. The van der Waals surface area contributed by atoms with Crippen molar-refractivity contribution in [1.82, 2.24) is 4.72 Å². The van der Waals surface area contributed by atoms with Gasteiger partial charge in [-0.15, -0.1) is 0 Å². The molecule has 0 aliphatic carbocycles. The first-order valence-electron chi connectivity index (χ1n) is 5.16. The first-order chi connectivity index (χ1) is 6.97. The van der Waals surface area contributed by atoms with Crippen LogP contribution >= 0.6 is 11.8 Å². The van der Waals surface area contributed by atoms with Crippen LogP contribution in [-0.4, -0.2) is 43.4 Å². The maximum absolute atomic E-state index is 11.7. The van der Waals surface area contributed by atoms with Crippen molar-refractivity contribution in [3.05, 3.63) is 0 Å². The van der Waals surface area contributed by atoms with Gasteiger partial charge in [0.15, 0.2) is 0 Å². The van der Waals surface area contributed by atoms with E-state index in [1.807, 2.05) is 27.0 Å². The number of aliphatic hydroxyl groups is 1. The maximum Gasteiger partial charge on any atom is 0.212 e. The Labute approximate surface area is 103 Å². The zero-order valence-electron chi connectivity index (χ0n) is 10.7.